The molecule has 1 aliphatic heterocycles. The number of nitrogens with one attached hydrogen (secondary N) is 1. The van der Waals surface area contributed by atoms with Gasteiger partial charge in [0.25, 0.3) is 0 Å². The van der Waals surface area contributed by atoms with Crippen LogP contribution in [0.2, 0.25) is 0 Å². The highest BCUT2D eigenvalue weighted by atomic mass is 79.9. The second-order valence-electron chi connectivity index (χ2n) is 5.19. The Bertz CT molecular complexity index is 423. The van der Waals surface area contributed by atoms with E-state index >= 15 is 0 Å². The van der Waals surface area contributed by atoms with Gasteiger partial charge < -0.3 is 14.8 Å². The zero-order valence-corrected chi connectivity index (χ0v) is 13.8. The summed E-state index contributed by atoms with van der Waals surface area (Å²) in [5.74, 6) is 1.70. The molecule has 0 fully saturated rings. The fourth-order valence-electron chi connectivity index (χ4n) is 2.30. The highest BCUT2D eigenvalue weighted by molar-refractivity contribution is 9.10. The zero-order chi connectivity index (χ0) is 14.2. The summed E-state index contributed by atoms with van der Waals surface area (Å²) in [6.45, 7) is 5.64. The Morgan fingerprint density at radius 1 is 1.15 bits per heavy atom. The topological polar surface area (TPSA) is 30.5 Å². The van der Waals surface area contributed by atoms with E-state index in [1.165, 1.54) is 31.2 Å². The summed E-state index contributed by atoms with van der Waals surface area (Å²) >= 11 is 3.58. The van der Waals surface area contributed by atoms with E-state index in [-0.39, 0.29) is 0 Å². The summed E-state index contributed by atoms with van der Waals surface area (Å²) in [6.07, 6.45) is 6.12. The molecule has 112 valence electrons. The zero-order valence-electron chi connectivity index (χ0n) is 12.2. The van der Waals surface area contributed by atoms with E-state index in [1.54, 1.807) is 0 Å². The van der Waals surface area contributed by atoms with Crippen LogP contribution in [0.15, 0.2) is 16.6 Å². The SMILES string of the molecule is CCCCCCNCc1cc(Br)c2c(c1)OCCCO2. The van der Waals surface area contributed by atoms with Crippen molar-refractivity contribution >= 4 is 15.9 Å². The normalized spacial score (nSPS) is 14.1. The Balaban J connectivity index is 1.86. The maximum absolute atomic E-state index is 5.75. The first-order valence-corrected chi connectivity index (χ1v) is 8.39. The van der Waals surface area contributed by atoms with Crippen molar-refractivity contribution in [3.05, 3.63) is 22.2 Å². The molecule has 1 aliphatic rings. The molecule has 1 N–H and O–H groups in total. The molecule has 3 nitrogen and oxygen atoms in total. The Morgan fingerprint density at radius 3 is 2.85 bits per heavy atom. The van der Waals surface area contributed by atoms with E-state index in [0.717, 1.165) is 48.7 Å². The summed E-state index contributed by atoms with van der Waals surface area (Å²) in [5, 5.41) is 3.49. The van der Waals surface area contributed by atoms with Crippen LogP contribution >= 0.6 is 15.9 Å². The van der Waals surface area contributed by atoms with Gasteiger partial charge in [0, 0.05) is 13.0 Å². The highest BCUT2D eigenvalue weighted by Crippen LogP contribution is 2.38. The van der Waals surface area contributed by atoms with Gasteiger partial charge in [-0.25, -0.2) is 0 Å². The number of benzene rings is 1. The van der Waals surface area contributed by atoms with Crippen molar-refractivity contribution in [3.8, 4) is 11.5 Å². The van der Waals surface area contributed by atoms with Gasteiger partial charge in [-0.05, 0) is 46.6 Å². The van der Waals surface area contributed by atoms with Gasteiger partial charge in [0.1, 0.15) is 0 Å². The second-order valence-corrected chi connectivity index (χ2v) is 6.05. The fraction of sp³-hybridized carbons (Fsp3) is 0.625. The molecule has 0 amide bonds. The molecular weight excluding hydrogens is 318 g/mol. The molecule has 1 aromatic rings. The molecular formula is C16H24BrNO2. The predicted molar refractivity (Wildman–Crippen MR) is 85.6 cm³/mol. The lowest BCUT2D eigenvalue weighted by Crippen LogP contribution is -2.14. The Morgan fingerprint density at radius 2 is 2.00 bits per heavy atom. The average Bonchev–Trinajstić information content (AvgIpc) is 2.68. The maximum Gasteiger partial charge on any atom is 0.175 e. The Kier molecular flexibility index (Phi) is 6.67. The number of hydrogen-bond donors (Lipinski definition) is 1. The quantitative estimate of drug-likeness (QED) is 0.750. The Labute approximate surface area is 130 Å². The van der Waals surface area contributed by atoms with E-state index < -0.39 is 0 Å². The van der Waals surface area contributed by atoms with E-state index in [9.17, 15) is 0 Å². The third-order valence-electron chi connectivity index (χ3n) is 3.40. The molecule has 1 heterocycles. The molecule has 4 heteroatoms. The molecule has 0 unspecified atom stereocenters. The van der Waals surface area contributed by atoms with Crippen molar-refractivity contribution in [3.63, 3.8) is 0 Å². The summed E-state index contributed by atoms with van der Waals surface area (Å²) in [4.78, 5) is 0. The monoisotopic (exact) mass is 341 g/mol. The predicted octanol–water partition coefficient (Wildman–Crippen LogP) is 4.28. The number of hydrogen-bond acceptors (Lipinski definition) is 3. The molecule has 0 radical (unpaired) electrons. The minimum atomic E-state index is 0.723. The first-order valence-electron chi connectivity index (χ1n) is 7.60. The number of halogens is 1. The van der Waals surface area contributed by atoms with Gasteiger partial charge in [-0.2, -0.15) is 0 Å². The highest BCUT2D eigenvalue weighted by Gasteiger charge is 2.14. The summed E-state index contributed by atoms with van der Waals surface area (Å²) in [5.41, 5.74) is 1.23. The van der Waals surface area contributed by atoms with Gasteiger partial charge in [0.2, 0.25) is 0 Å². The molecule has 2 rings (SSSR count). The third-order valence-corrected chi connectivity index (χ3v) is 3.99. The number of fused-ring (bicyclic) bond motifs is 1. The van der Waals surface area contributed by atoms with Crippen molar-refractivity contribution in [2.75, 3.05) is 19.8 Å². The lowest BCUT2D eigenvalue weighted by Gasteiger charge is -2.12. The van der Waals surface area contributed by atoms with Crippen LogP contribution in [0, 0.1) is 0 Å². The molecule has 0 saturated heterocycles. The molecule has 0 atom stereocenters. The van der Waals surface area contributed by atoms with E-state index in [4.69, 9.17) is 9.47 Å². The van der Waals surface area contributed by atoms with Gasteiger partial charge in [-0.15, -0.1) is 0 Å². The van der Waals surface area contributed by atoms with Gasteiger partial charge in [-0.1, -0.05) is 26.2 Å². The molecule has 20 heavy (non-hydrogen) atoms. The lowest BCUT2D eigenvalue weighted by atomic mass is 10.2. The van der Waals surface area contributed by atoms with Gasteiger partial charge >= 0.3 is 0 Å². The van der Waals surface area contributed by atoms with Crippen LogP contribution in [-0.4, -0.2) is 19.8 Å². The smallest absolute Gasteiger partial charge is 0.175 e. The van der Waals surface area contributed by atoms with Gasteiger partial charge in [-0.3, -0.25) is 0 Å². The van der Waals surface area contributed by atoms with Crippen molar-refractivity contribution in [2.45, 2.75) is 45.6 Å². The minimum Gasteiger partial charge on any atom is -0.490 e. The number of ether oxygens (including phenoxy) is 2. The first kappa shape index (κ1) is 15.6. The maximum atomic E-state index is 5.75. The standard InChI is InChI=1S/C16H24BrNO2/c1-2-3-4-5-7-18-12-13-10-14(17)16-15(11-13)19-8-6-9-20-16/h10-11,18H,2-9,12H2,1H3. The first-order chi connectivity index (χ1) is 9.81. The van der Waals surface area contributed by atoms with Crippen LogP contribution in [0.3, 0.4) is 0 Å². The van der Waals surface area contributed by atoms with Crippen molar-refractivity contribution in [1.29, 1.82) is 0 Å². The molecule has 1 aromatic carbocycles. The van der Waals surface area contributed by atoms with Crippen LogP contribution < -0.4 is 14.8 Å². The summed E-state index contributed by atoms with van der Waals surface area (Å²) in [7, 11) is 0. The van der Waals surface area contributed by atoms with E-state index in [2.05, 4.69) is 40.3 Å². The van der Waals surface area contributed by atoms with Crippen molar-refractivity contribution in [1.82, 2.24) is 5.32 Å². The van der Waals surface area contributed by atoms with E-state index in [0.29, 0.717) is 0 Å². The van der Waals surface area contributed by atoms with Gasteiger partial charge in [0.15, 0.2) is 11.5 Å². The summed E-state index contributed by atoms with van der Waals surface area (Å²) in [6, 6.07) is 4.21. The van der Waals surface area contributed by atoms with Crippen molar-refractivity contribution < 1.29 is 9.47 Å². The van der Waals surface area contributed by atoms with Crippen LogP contribution in [-0.2, 0) is 6.54 Å². The lowest BCUT2D eigenvalue weighted by molar-refractivity contribution is 0.296. The average molecular weight is 342 g/mol. The third kappa shape index (κ3) is 4.67. The molecule has 0 aliphatic carbocycles. The van der Waals surface area contributed by atoms with Gasteiger partial charge in [0.05, 0.1) is 17.7 Å². The Hall–Kier alpha value is -0.740. The van der Waals surface area contributed by atoms with E-state index in [1.807, 2.05) is 0 Å². The van der Waals surface area contributed by atoms with Crippen molar-refractivity contribution in [2.24, 2.45) is 0 Å². The van der Waals surface area contributed by atoms with Crippen LogP contribution in [0.25, 0.3) is 0 Å². The fourth-order valence-corrected chi connectivity index (χ4v) is 2.90. The molecule has 0 spiro atoms. The molecule has 0 bridgehead atoms. The number of unbranched alkanes of at least 4 members (excludes halogenated alkanes) is 3. The minimum absolute atomic E-state index is 0.723. The van der Waals surface area contributed by atoms with Crippen LogP contribution in [0.5, 0.6) is 11.5 Å². The summed E-state index contributed by atoms with van der Waals surface area (Å²) < 4.78 is 12.4. The molecule has 0 saturated carbocycles. The molecule has 0 aromatic heterocycles. The largest absolute Gasteiger partial charge is 0.490 e. The van der Waals surface area contributed by atoms with Crippen LogP contribution in [0.4, 0.5) is 0 Å². The number of rotatable bonds is 7. The second kappa shape index (κ2) is 8.53. The van der Waals surface area contributed by atoms with Crippen LogP contribution in [0.1, 0.15) is 44.6 Å².